The van der Waals surface area contributed by atoms with Gasteiger partial charge in [0.05, 0.1) is 39.9 Å². The molecule has 1 amide bonds. The van der Waals surface area contributed by atoms with Crippen molar-refractivity contribution in [3.05, 3.63) is 76.9 Å². The van der Waals surface area contributed by atoms with Gasteiger partial charge >= 0.3 is 5.97 Å². The molecule has 212 valence electrons. The van der Waals surface area contributed by atoms with Crippen molar-refractivity contribution in [2.75, 3.05) is 34.7 Å². The smallest absolute Gasteiger partial charge is 0.310 e. The van der Waals surface area contributed by atoms with Crippen molar-refractivity contribution in [1.29, 1.82) is 0 Å². The normalized spacial score (nSPS) is 21.7. The third-order valence-electron chi connectivity index (χ3n) is 7.78. The summed E-state index contributed by atoms with van der Waals surface area (Å²) in [5.41, 5.74) is 2.94. The van der Waals surface area contributed by atoms with E-state index in [0.29, 0.717) is 34.3 Å². The predicted octanol–water partition coefficient (Wildman–Crippen LogP) is 3.72. The van der Waals surface area contributed by atoms with Gasteiger partial charge in [-0.3, -0.25) is 14.9 Å². The van der Waals surface area contributed by atoms with Crippen molar-refractivity contribution in [2.24, 2.45) is 11.8 Å². The molecule has 0 saturated carbocycles. The first-order chi connectivity index (χ1) is 19.9. The minimum absolute atomic E-state index is 0.0889. The van der Waals surface area contributed by atoms with Gasteiger partial charge in [-0.15, -0.1) is 0 Å². The largest absolute Gasteiger partial charge is 0.493 e. The Morgan fingerprint density at radius 2 is 1.56 bits per heavy atom. The Hall–Kier alpha value is -4.51. The van der Waals surface area contributed by atoms with Crippen molar-refractivity contribution in [1.82, 2.24) is 10.6 Å². The summed E-state index contributed by atoms with van der Waals surface area (Å²) in [6, 6.07) is 15.8. The lowest BCUT2D eigenvalue weighted by atomic mass is 9.65. The van der Waals surface area contributed by atoms with Crippen LogP contribution in [0.3, 0.4) is 0 Å². The Kier molecular flexibility index (Phi) is 7.04. The molecule has 10 nitrogen and oxygen atoms in total. The van der Waals surface area contributed by atoms with Crippen molar-refractivity contribution in [3.63, 3.8) is 0 Å². The molecule has 3 aromatic carbocycles. The molecule has 4 atom stereocenters. The van der Waals surface area contributed by atoms with Crippen molar-refractivity contribution in [3.8, 4) is 28.7 Å². The molecule has 0 radical (unpaired) electrons. The summed E-state index contributed by atoms with van der Waals surface area (Å²) in [5.74, 6) is 0.560. The zero-order valence-electron chi connectivity index (χ0n) is 22.6. The minimum Gasteiger partial charge on any atom is -0.493 e. The van der Waals surface area contributed by atoms with E-state index in [1.54, 1.807) is 38.5 Å². The van der Waals surface area contributed by atoms with Gasteiger partial charge in [0.25, 0.3) is 5.91 Å². The van der Waals surface area contributed by atoms with E-state index in [4.69, 9.17) is 40.6 Å². The van der Waals surface area contributed by atoms with Gasteiger partial charge in [-0.25, -0.2) is 0 Å². The summed E-state index contributed by atoms with van der Waals surface area (Å²) in [6.07, 6.45) is 0. The van der Waals surface area contributed by atoms with Gasteiger partial charge in [-0.05, 0) is 65.3 Å². The predicted molar refractivity (Wildman–Crippen MR) is 151 cm³/mol. The summed E-state index contributed by atoms with van der Waals surface area (Å²) in [6.45, 7) is 0.261. The Bertz CT molecular complexity index is 1500. The monoisotopic (exact) mass is 576 g/mol. The highest BCUT2D eigenvalue weighted by Gasteiger charge is 2.53. The van der Waals surface area contributed by atoms with E-state index in [2.05, 4.69) is 10.6 Å². The molecule has 2 aliphatic heterocycles. The molecule has 3 aliphatic rings. The van der Waals surface area contributed by atoms with Crippen LogP contribution in [0.4, 0.5) is 0 Å². The average molecular weight is 577 g/mol. The third-order valence-corrected chi connectivity index (χ3v) is 8.00. The van der Waals surface area contributed by atoms with Gasteiger partial charge < -0.3 is 33.7 Å². The fourth-order valence-corrected chi connectivity index (χ4v) is 6.19. The van der Waals surface area contributed by atoms with Crippen LogP contribution in [0, 0.1) is 11.8 Å². The number of fused-ring (bicyclic) bond motifs is 3. The molecule has 0 bridgehead atoms. The van der Waals surface area contributed by atoms with E-state index in [1.165, 1.54) is 7.11 Å². The van der Waals surface area contributed by atoms with Gasteiger partial charge in [0, 0.05) is 17.4 Å². The number of rotatable bonds is 6. The van der Waals surface area contributed by atoms with E-state index in [1.807, 2.05) is 30.3 Å². The lowest BCUT2D eigenvalue weighted by molar-refractivity contribution is -0.141. The van der Waals surface area contributed by atoms with Crippen LogP contribution in [0.2, 0.25) is 0 Å². The number of methoxy groups -OCH3 is 3. The van der Waals surface area contributed by atoms with Crippen molar-refractivity contribution in [2.45, 2.75) is 12.0 Å². The van der Waals surface area contributed by atoms with Crippen LogP contribution in [-0.4, -0.2) is 51.7 Å². The topological polar surface area (TPSA) is 114 Å². The molecule has 0 spiro atoms. The van der Waals surface area contributed by atoms with Gasteiger partial charge in [-0.2, -0.15) is 0 Å². The zero-order chi connectivity index (χ0) is 28.7. The maximum absolute atomic E-state index is 13.4. The molecule has 3 aromatic rings. The Balaban J connectivity index is 1.44. The first-order valence-electron chi connectivity index (χ1n) is 13.0. The Labute approximate surface area is 241 Å². The third kappa shape index (κ3) is 4.65. The summed E-state index contributed by atoms with van der Waals surface area (Å²) < 4.78 is 33.8. The molecule has 1 fully saturated rings. The molecular formula is C30H28N2O8S. The Morgan fingerprint density at radius 1 is 0.902 bits per heavy atom. The van der Waals surface area contributed by atoms with E-state index in [0.717, 1.165) is 16.7 Å². The number of benzene rings is 3. The van der Waals surface area contributed by atoms with E-state index >= 15 is 0 Å². The van der Waals surface area contributed by atoms with E-state index < -0.39 is 17.9 Å². The molecule has 2 N–H and O–H groups in total. The van der Waals surface area contributed by atoms with Crippen LogP contribution in [-0.2, 0) is 9.53 Å². The van der Waals surface area contributed by atoms with Gasteiger partial charge in [0.15, 0.2) is 28.1 Å². The quantitative estimate of drug-likeness (QED) is 0.333. The van der Waals surface area contributed by atoms with Gasteiger partial charge in [0.2, 0.25) is 12.5 Å². The highest BCUT2D eigenvalue weighted by atomic mass is 32.1. The number of hydrogen-bond donors (Lipinski definition) is 2. The van der Waals surface area contributed by atoms with Crippen LogP contribution < -0.4 is 34.3 Å². The highest BCUT2D eigenvalue weighted by Crippen LogP contribution is 2.55. The van der Waals surface area contributed by atoms with Crippen molar-refractivity contribution >= 4 is 29.2 Å². The summed E-state index contributed by atoms with van der Waals surface area (Å²) in [7, 11) is 4.63. The summed E-state index contributed by atoms with van der Waals surface area (Å²) in [5, 5.41) is 6.19. The number of cyclic esters (lactones) is 1. The maximum Gasteiger partial charge on any atom is 0.310 e. The van der Waals surface area contributed by atoms with Crippen LogP contribution in [0.15, 0.2) is 54.6 Å². The molecule has 11 heteroatoms. The SMILES string of the molecule is COc1cc([C@@H]2c3cc4c(cc3[C@@H](NC(=S)NC(=O)c3ccccc3)[C@H]3COC(=O)[C@H]23)OCO4)cc(OC)c1OC. The fraction of sp³-hybridized carbons (Fsp3) is 0.300. The molecular weight excluding hydrogens is 548 g/mol. The summed E-state index contributed by atoms with van der Waals surface area (Å²) in [4.78, 5) is 26.2. The molecule has 0 unspecified atom stereocenters. The second kappa shape index (κ2) is 10.8. The van der Waals surface area contributed by atoms with Crippen LogP contribution in [0.5, 0.6) is 28.7 Å². The first-order valence-corrected chi connectivity index (χ1v) is 13.4. The Morgan fingerprint density at radius 3 is 2.20 bits per heavy atom. The molecule has 0 aromatic heterocycles. The number of carbonyl (C=O) groups is 2. The van der Waals surface area contributed by atoms with Crippen LogP contribution >= 0.6 is 12.2 Å². The second-order valence-electron chi connectivity index (χ2n) is 9.86. The number of amides is 1. The first kappa shape index (κ1) is 26.7. The van der Waals surface area contributed by atoms with Crippen LogP contribution in [0.25, 0.3) is 0 Å². The average Bonchev–Trinajstić information content (AvgIpc) is 3.62. The minimum atomic E-state index is -0.573. The number of carbonyl (C=O) groups excluding carboxylic acids is 2. The lowest BCUT2D eigenvalue weighted by Crippen LogP contribution is -2.47. The molecule has 2 heterocycles. The number of thiocarbonyl (C=S) groups is 1. The van der Waals surface area contributed by atoms with E-state index in [9.17, 15) is 9.59 Å². The molecule has 1 aliphatic carbocycles. The molecule has 6 rings (SSSR count). The molecule has 1 saturated heterocycles. The van der Waals surface area contributed by atoms with E-state index in [-0.39, 0.29) is 36.3 Å². The maximum atomic E-state index is 13.4. The highest BCUT2D eigenvalue weighted by molar-refractivity contribution is 7.80. The van der Waals surface area contributed by atoms with Crippen LogP contribution in [0.1, 0.15) is 39.0 Å². The van der Waals surface area contributed by atoms with Gasteiger partial charge in [-0.1, -0.05) is 18.2 Å². The number of esters is 1. The fourth-order valence-electron chi connectivity index (χ4n) is 5.97. The molecule has 41 heavy (non-hydrogen) atoms. The number of nitrogens with one attached hydrogen (secondary N) is 2. The van der Waals surface area contributed by atoms with Crippen molar-refractivity contribution < 1.29 is 38.0 Å². The number of ether oxygens (including phenoxy) is 6. The van der Waals surface area contributed by atoms with Gasteiger partial charge in [0.1, 0.15) is 0 Å². The lowest BCUT2D eigenvalue weighted by Gasteiger charge is -2.40. The standard InChI is InChI=1S/C30H28N2O8S/c1-35-22-9-16(10-23(36-2)27(22)37-3)24-17-11-20-21(40-14-39-20)12-18(17)26(19-13-38-29(34)25(19)24)31-30(41)32-28(33)15-7-5-4-6-8-15/h4-12,19,24-26H,13-14H2,1-3H3,(H2,31,32,33,41)/t19-,24+,25-,26+/m0/s1. The zero-order valence-corrected chi connectivity index (χ0v) is 23.4. The number of hydrogen-bond acceptors (Lipinski definition) is 9. The second-order valence-corrected chi connectivity index (χ2v) is 10.3. The summed E-state index contributed by atoms with van der Waals surface area (Å²) >= 11 is 5.57.